The van der Waals surface area contributed by atoms with E-state index in [1.807, 2.05) is 18.2 Å². The van der Waals surface area contributed by atoms with Crippen molar-refractivity contribution < 1.29 is 14.7 Å². The molecule has 0 saturated carbocycles. The van der Waals surface area contributed by atoms with Gasteiger partial charge in [0.05, 0.1) is 11.5 Å². The van der Waals surface area contributed by atoms with E-state index in [-0.39, 0.29) is 18.4 Å². The predicted octanol–water partition coefficient (Wildman–Crippen LogP) is 2.54. The van der Waals surface area contributed by atoms with Crippen LogP contribution in [0.3, 0.4) is 0 Å². The van der Waals surface area contributed by atoms with Crippen LogP contribution in [-0.2, 0) is 16.0 Å². The SMILES string of the molecule is CC1Cc2ccccc2C1NC(=O)CC(C)(C)C(=O)O. The first-order valence-corrected chi connectivity index (χ1v) is 6.92. The third-order valence-electron chi connectivity index (χ3n) is 4.00. The molecule has 0 radical (unpaired) electrons. The van der Waals surface area contributed by atoms with Crippen LogP contribution < -0.4 is 5.32 Å². The number of hydrogen-bond acceptors (Lipinski definition) is 2. The quantitative estimate of drug-likeness (QED) is 0.887. The van der Waals surface area contributed by atoms with Gasteiger partial charge in [-0.25, -0.2) is 0 Å². The van der Waals surface area contributed by atoms with E-state index in [1.165, 1.54) is 5.56 Å². The minimum absolute atomic E-state index is 0.00623. The van der Waals surface area contributed by atoms with E-state index in [1.54, 1.807) is 13.8 Å². The Hall–Kier alpha value is -1.84. The molecule has 1 aliphatic rings. The van der Waals surface area contributed by atoms with Crippen LogP contribution in [0, 0.1) is 11.3 Å². The highest BCUT2D eigenvalue weighted by Gasteiger charge is 2.34. The van der Waals surface area contributed by atoms with Gasteiger partial charge in [0, 0.05) is 6.42 Å². The third kappa shape index (κ3) is 2.84. The summed E-state index contributed by atoms with van der Waals surface area (Å²) < 4.78 is 0. The summed E-state index contributed by atoms with van der Waals surface area (Å²) in [5.41, 5.74) is 1.38. The number of nitrogens with one attached hydrogen (secondary N) is 1. The third-order valence-corrected chi connectivity index (χ3v) is 4.00. The van der Waals surface area contributed by atoms with Crippen LogP contribution in [0.25, 0.3) is 0 Å². The van der Waals surface area contributed by atoms with E-state index in [2.05, 4.69) is 18.3 Å². The summed E-state index contributed by atoms with van der Waals surface area (Å²) in [6.45, 7) is 5.25. The lowest BCUT2D eigenvalue weighted by Crippen LogP contribution is -2.36. The molecule has 0 aliphatic heterocycles. The zero-order valence-electron chi connectivity index (χ0n) is 12.1. The van der Waals surface area contributed by atoms with Gasteiger partial charge < -0.3 is 10.4 Å². The standard InChI is InChI=1S/C16H21NO3/c1-10-8-11-6-4-5-7-12(11)14(10)17-13(18)9-16(2,3)15(19)20/h4-7,10,14H,8-9H2,1-3H3,(H,17,18)(H,19,20). The van der Waals surface area contributed by atoms with Crippen LogP contribution >= 0.6 is 0 Å². The molecule has 1 aromatic rings. The maximum Gasteiger partial charge on any atom is 0.309 e. The van der Waals surface area contributed by atoms with E-state index in [9.17, 15) is 9.59 Å². The minimum Gasteiger partial charge on any atom is -0.481 e. The average Bonchev–Trinajstić information content (AvgIpc) is 2.65. The first kappa shape index (κ1) is 14.6. The van der Waals surface area contributed by atoms with Gasteiger partial charge in [-0.1, -0.05) is 31.2 Å². The second-order valence-electron chi connectivity index (χ2n) is 6.29. The molecule has 2 atom stereocenters. The molecule has 0 heterocycles. The van der Waals surface area contributed by atoms with Gasteiger partial charge in [0.25, 0.3) is 0 Å². The van der Waals surface area contributed by atoms with E-state index in [0.717, 1.165) is 12.0 Å². The smallest absolute Gasteiger partial charge is 0.309 e. The molecule has 1 aliphatic carbocycles. The summed E-state index contributed by atoms with van der Waals surface area (Å²) in [7, 11) is 0. The molecule has 20 heavy (non-hydrogen) atoms. The first-order chi connectivity index (χ1) is 9.31. The molecule has 108 valence electrons. The molecule has 1 amide bonds. The number of rotatable bonds is 4. The Kier molecular flexibility index (Phi) is 3.84. The molecular formula is C16H21NO3. The fraction of sp³-hybridized carbons (Fsp3) is 0.500. The Morgan fingerprint density at radius 3 is 2.65 bits per heavy atom. The molecule has 4 nitrogen and oxygen atoms in total. The Morgan fingerprint density at radius 1 is 1.35 bits per heavy atom. The first-order valence-electron chi connectivity index (χ1n) is 6.92. The van der Waals surface area contributed by atoms with Gasteiger partial charge in [-0.2, -0.15) is 0 Å². The van der Waals surface area contributed by atoms with Gasteiger partial charge in [0.2, 0.25) is 5.91 Å². The fourth-order valence-electron chi connectivity index (χ4n) is 2.72. The molecular weight excluding hydrogens is 254 g/mol. The maximum atomic E-state index is 12.1. The van der Waals surface area contributed by atoms with Crippen molar-refractivity contribution in [2.45, 2.75) is 39.7 Å². The summed E-state index contributed by atoms with van der Waals surface area (Å²) >= 11 is 0. The minimum atomic E-state index is -1.04. The molecule has 0 fully saturated rings. The normalized spacial score (nSPS) is 21.4. The van der Waals surface area contributed by atoms with Crippen LogP contribution in [0.4, 0.5) is 0 Å². The van der Waals surface area contributed by atoms with Crippen molar-refractivity contribution in [2.24, 2.45) is 11.3 Å². The van der Waals surface area contributed by atoms with Gasteiger partial charge >= 0.3 is 5.97 Å². The number of aliphatic carboxylic acids is 1. The van der Waals surface area contributed by atoms with Gasteiger partial charge in [-0.15, -0.1) is 0 Å². The highest BCUT2D eigenvalue weighted by molar-refractivity contribution is 5.84. The number of carbonyl (C=O) groups excluding carboxylic acids is 1. The average molecular weight is 275 g/mol. The van der Waals surface area contributed by atoms with E-state index >= 15 is 0 Å². The molecule has 0 bridgehead atoms. The summed E-state index contributed by atoms with van der Waals surface area (Å²) in [4.78, 5) is 23.2. The summed E-state index contributed by atoms with van der Waals surface area (Å²) in [5.74, 6) is -0.817. The zero-order valence-corrected chi connectivity index (χ0v) is 12.1. The molecule has 2 unspecified atom stereocenters. The molecule has 0 aromatic heterocycles. The second kappa shape index (κ2) is 5.27. The van der Waals surface area contributed by atoms with Gasteiger partial charge in [-0.05, 0) is 37.3 Å². The van der Waals surface area contributed by atoms with Crippen molar-refractivity contribution in [3.8, 4) is 0 Å². The number of benzene rings is 1. The summed E-state index contributed by atoms with van der Waals surface area (Å²) in [6, 6.07) is 8.08. The molecule has 2 rings (SSSR count). The largest absolute Gasteiger partial charge is 0.481 e. The monoisotopic (exact) mass is 275 g/mol. The Bertz CT molecular complexity index is 536. The molecule has 2 N–H and O–H groups in total. The molecule has 1 aromatic carbocycles. The molecule has 0 saturated heterocycles. The van der Waals surface area contributed by atoms with Crippen LogP contribution in [0.2, 0.25) is 0 Å². The Balaban J connectivity index is 2.07. The number of carbonyl (C=O) groups is 2. The maximum absolute atomic E-state index is 12.1. The van der Waals surface area contributed by atoms with Crippen molar-refractivity contribution >= 4 is 11.9 Å². The van der Waals surface area contributed by atoms with Crippen molar-refractivity contribution in [1.82, 2.24) is 5.32 Å². The van der Waals surface area contributed by atoms with Crippen LogP contribution in [0.15, 0.2) is 24.3 Å². The number of carboxylic acid groups (broad SMARTS) is 1. The Labute approximate surface area is 119 Å². The topological polar surface area (TPSA) is 66.4 Å². The van der Waals surface area contributed by atoms with Crippen molar-refractivity contribution in [3.05, 3.63) is 35.4 Å². The van der Waals surface area contributed by atoms with E-state index < -0.39 is 11.4 Å². The van der Waals surface area contributed by atoms with Gasteiger partial charge in [0.1, 0.15) is 0 Å². The number of fused-ring (bicyclic) bond motifs is 1. The van der Waals surface area contributed by atoms with Crippen molar-refractivity contribution in [1.29, 1.82) is 0 Å². The summed E-state index contributed by atoms with van der Waals surface area (Å²) in [6.07, 6.45) is 0.942. The number of carboxylic acids is 1. The van der Waals surface area contributed by atoms with Gasteiger partial charge in [0.15, 0.2) is 0 Å². The lowest BCUT2D eigenvalue weighted by Gasteiger charge is -2.23. The van der Waals surface area contributed by atoms with Crippen molar-refractivity contribution in [3.63, 3.8) is 0 Å². The van der Waals surface area contributed by atoms with Crippen LogP contribution in [0.5, 0.6) is 0 Å². The number of amides is 1. The van der Waals surface area contributed by atoms with Crippen molar-refractivity contribution in [2.75, 3.05) is 0 Å². The van der Waals surface area contributed by atoms with Crippen LogP contribution in [0.1, 0.15) is 44.4 Å². The predicted molar refractivity (Wildman–Crippen MR) is 76.2 cm³/mol. The summed E-state index contributed by atoms with van der Waals surface area (Å²) in [5, 5.41) is 12.1. The zero-order chi connectivity index (χ0) is 14.9. The number of hydrogen-bond donors (Lipinski definition) is 2. The molecule has 4 heteroatoms. The lowest BCUT2D eigenvalue weighted by molar-refractivity contribution is -0.149. The lowest BCUT2D eigenvalue weighted by atomic mass is 9.89. The highest BCUT2D eigenvalue weighted by Crippen LogP contribution is 2.36. The van der Waals surface area contributed by atoms with E-state index in [4.69, 9.17) is 5.11 Å². The van der Waals surface area contributed by atoms with E-state index in [0.29, 0.717) is 5.92 Å². The second-order valence-corrected chi connectivity index (χ2v) is 6.29. The fourth-order valence-corrected chi connectivity index (χ4v) is 2.72. The van der Waals surface area contributed by atoms with Gasteiger partial charge in [-0.3, -0.25) is 9.59 Å². The highest BCUT2D eigenvalue weighted by atomic mass is 16.4. The Morgan fingerprint density at radius 2 is 2.00 bits per heavy atom. The van der Waals surface area contributed by atoms with Crippen LogP contribution in [-0.4, -0.2) is 17.0 Å². The molecule has 0 spiro atoms.